The second-order valence-electron chi connectivity index (χ2n) is 8.85. The highest BCUT2D eigenvalue weighted by molar-refractivity contribution is 7.80. The van der Waals surface area contributed by atoms with E-state index in [9.17, 15) is 0 Å². The number of thiocarbonyl (C=S) groups is 1. The summed E-state index contributed by atoms with van der Waals surface area (Å²) in [6.07, 6.45) is 4.99. The molecule has 172 valence electrons. The molecule has 1 saturated heterocycles. The van der Waals surface area contributed by atoms with Crippen LogP contribution in [0.15, 0.2) is 109 Å². The number of aromatic nitrogens is 2. The Balaban J connectivity index is 1.50. The van der Waals surface area contributed by atoms with Gasteiger partial charge in [0.05, 0.1) is 11.7 Å². The van der Waals surface area contributed by atoms with E-state index < -0.39 is 0 Å². The maximum Gasteiger partial charge on any atom is 0.174 e. The first kappa shape index (κ1) is 21.6. The quantitative estimate of drug-likeness (QED) is 0.285. The van der Waals surface area contributed by atoms with Crippen molar-refractivity contribution in [3.8, 4) is 5.69 Å². The van der Waals surface area contributed by atoms with Crippen molar-refractivity contribution >= 4 is 33.8 Å². The number of anilines is 1. The standard InChI is InChI=1S/C30H26N4S/c1-2-21-12-15-24(16-13-21)34-29(28(32-30(34)35)26-10-5-6-18-31-26)27-11-7-19-33(27)25-17-14-22-8-3-4-9-23(22)20-25/h3-20,28-29H,2H2,1H3,(H,32,35). The fraction of sp³-hybridized carbons (Fsp3) is 0.133. The van der Waals surface area contributed by atoms with E-state index in [2.05, 4.69) is 113 Å². The summed E-state index contributed by atoms with van der Waals surface area (Å²) >= 11 is 5.91. The summed E-state index contributed by atoms with van der Waals surface area (Å²) < 4.78 is 2.27. The minimum Gasteiger partial charge on any atom is -0.351 e. The molecule has 1 aliphatic rings. The van der Waals surface area contributed by atoms with Crippen molar-refractivity contribution < 1.29 is 0 Å². The zero-order chi connectivity index (χ0) is 23.8. The Hall–Kier alpha value is -3.96. The van der Waals surface area contributed by atoms with E-state index in [1.807, 2.05) is 18.3 Å². The molecular weight excluding hydrogens is 448 g/mol. The molecule has 6 rings (SSSR count). The summed E-state index contributed by atoms with van der Waals surface area (Å²) in [5.41, 5.74) is 5.64. The Morgan fingerprint density at radius 1 is 0.829 bits per heavy atom. The molecule has 0 saturated carbocycles. The van der Waals surface area contributed by atoms with Crippen molar-refractivity contribution in [1.29, 1.82) is 0 Å². The Kier molecular flexibility index (Phi) is 5.55. The van der Waals surface area contributed by atoms with E-state index in [-0.39, 0.29) is 12.1 Å². The Morgan fingerprint density at radius 2 is 1.60 bits per heavy atom. The third-order valence-electron chi connectivity index (χ3n) is 6.82. The first-order valence-electron chi connectivity index (χ1n) is 12.0. The largest absolute Gasteiger partial charge is 0.351 e. The van der Waals surface area contributed by atoms with E-state index in [0.29, 0.717) is 5.11 Å². The molecule has 0 spiro atoms. The SMILES string of the molecule is CCc1ccc(N2C(=S)NC(c3ccccn3)C2c2cccn2-c2ccc3ccccc3c2)cc1. The number of hydrogen-bond donors (Lipinski definition) is 1. The van der Waals surface area contributed by atoms with Gasteiger partial charge in [0, 0.05) is 29.5 Å². The lowest BCUT2D eigenvalue weighted by atomic mass is 10.00. The average Bonchev–Trinajstić information content (AvgIpc) is 3.53. The maximum atomic E-state index is 5.91. The van der Waals surface area contributed by atoms with Crippen LogP contribution in [0.1, 0.15) is 36.0 Å². The molecule has 0 radical (unpaired) electrons. The molecule has 5 aromatic rings. The fourth-order valence-electron chi connectivity index (χ4n) is 5.02. The van der Waals surface area contributed by atoms with Crippen LogP contribution in [0, 0.1) is 0 Å². The van der Waals surface area contributed by atoms with Gasteiger partial charge in [0.1, 0.15) is 6.04 Å². The molecular formula is C30H26N4S. The maximum absolute atomic E-state index is 5.91. The molecule has 0 aliphatic carbocycles. The van der Waals surface area contributed by atoms with Crippen molar-refractivity contribution in [3.63, 3.8) is 0 Å². The van der Waals surface area contributed by atoms with E-state index in [0.717, 1.165) is 29.2 Å². The third-order valence-corrected chi connectivity index (χ3v) is 7.13. The zero-order valence-corrected chi connectivity index (χ0v) is 20.3. The lowest BCUT2D eigenvalue weighted by Crippen LogP contribution is -2.30. The van der Waals surface area contributed by atoms with Gasteiger partial charge in [-0.25, -0.2) is 0 Å². The third kappa shape index (κ3) is 3.88. The van der Waals surface area contributed by atoms with Crippen LogP contribution >= 0.6 is 12.2 Å². The minimum absolute atomic E-state index is 0.0636. The normalized spacial score (nSPS) is 17.6. The van der Waals surface area contributed by atoms with Crippen molar-refractivity contribution in [2.24, 2.45) is 0 Å². The van der Waals surface area contributed by atoms with Gasteiger partial charge in [0.2, 0.25) is 0 Å². The van der Waals surface area contributed by atoms with Gasteiger partial charge in [-0.05, 0) is 83.5 Å². The second-order valence-corrected chi connectivity index (χ2v) is 9.24. The highest BCUT2D eigenvalue weighted by atomic mass is 32.1. The van der Waals surface area contributed by atoms with Gasteiger partial charge in [0.25, 0.3) is 0 Å². The summed E-state index contributed by atoms with van der Waals surface area (Å²) in [4.78, 5) is 6.93. The van der Waals surface area contributed by atoms with Crippen LogP contribution in [0.2, 0.25) is 0 Å². The van der Waals surface area contributed by atoms with E-state index in [1.165, 1.54) is 16.3 Å². The van der Waals surface area contributed by atoms with Crippen molar-refractivity contribution in [2.45, 2.75) is 25.4 Å². The molecule has 5 heteroatoms. The first-order valence-corrected chi connectivity index (χ1v) is 12.4. The lowest BCUT2D eigenvalue weighted by Gasteiger charge is -2.29. The number of aryl methyl sites for hydroxylation is 1. The zero-order valence-electron chi connectivity index (χ0n) is 19.5. The highest BCUT2D eigenvalue weighted by Crippen LogP contribution is 2.42. The van der Waals surface area contributed by atoms with Crippen LogP contribution in [0.4, 0.5) is 5.69 Å². The summed E-state index contributed by atoms with van der Waals surface area (Å²) in [5.74, 6) is 0. The van der Waals surface area contributed by atoms with Gasteiger partial charge in [-0.3, -0.25) is 4.98 Å². The Bertz CT molecular complexity index is 1490. The molecule has 2 aromatic heterocycles. The highest BCUT2D eigenvalue weighted by Gasteiger charge is 2.42. The van der Waals surface area contributed by atoms with Crippen molar-refractivity contribution in [3.05, 3.63) is 126 Å². The summed E-state index contributed by atoms with van der Waals surface area (Å²) in [6.45, 7) is 2.17. The van der Waals surface area contributed by atoms with Gasteiger partial charge in [-0.1, -0.05) is 55.5 Å². The molecule has 4 nitrogen and oxygen atoms in total. The van der Waals surface area contributed by atoms with Gasteiger partial charge in [-0.15, -0.1) is 0 Å². The lowest BCUT2D eigenvalue weighted by molar-refractivity contribution is 0.549. The summed E-state index contributed by atoms with van der Waals surface area (Å²) in [6, 6.07) is 34.0. The second kappa shape index (κ2) is 9.01. The number of pyridine rings is 1. The number of fused-ring (bicyclic) bond motifs is 1. The molecule has 2 unspecified atom stereocenters. The molecule has 1 aliphatic heterocycles. The van der Waals surface area contributed by atoms with E-state index in [1.54, 1.807) is 0 Å². The van der Waals surface area contributed by atoms with Gasteiger partial charge >= 0.3 is 0 Å². The number of benzene rings is 3. The minimum atomic E-state index is -0.0799. The first-order chi connectivity index (χ1) is 17.2. The van der Waals surface area contributed by atoms with Crippen molar-refractivity contribution in [1.82, 2.24) is 14.9 Å². The average molecular weight is 475 g/mol. The fourth-order valence-corrected chi connectivity index (χ4v) is 5.37. The monoisotopic (exact) mass is 474 g/mol. The van der Waals surface area contributed by atoms with Crippen LogP contribution in [-0.2, 0) is 6.42 Å². The topological polar surface area (TPSA) is 33.1 Å². The van der Waals surface area contributed by atoms with Crippen LogP contribution < -0.4 is 10.2 Å². The summed E-state index contributed by atoms with van der Waals surface area (Å²) in [7, 11) is 0. The summed E-state index contributed by atoms with van der Waals surface area (Å²) in [5, 5.41) is 6.74. The van der Waals surface area contributed by atoms with Crippen LogP contribution in [0.5, 0.6) is 0 Å². The Morgan fingerprint density at radius 3 is 2.37 bits per heavy atom. The molecule has 1 N–H and O–H groups in total. The molecule has 3 heterocycles. The molecule has 35 heavy (non-hydrogen) atoms. The number of nitrogens with one attached hydrogen (secondary N) is 1. The van der Waals surface area contributed by atoms with E-state index >= 15 is 0 Å². The number of nitrogens with zero attached hydrogens (tertiary/aromatic N) is 3. The van der Waals surface area contributed by atoms with Crippen LogP contribution in [0.3, 0.4) is 0 Å². The number of rotatable bonds is 5. The van der Waals surface area contributed by atoms with Crippen LogP contribution in [0.25, 0.3) is 16.5 Å². The van der Waals surface area contributed by atoms with Gasteiger partial charge < -0.3 is 14.8 Å². The predicted molar refractivity (Wildman–Crippen MR) is 147 cm³/mol. The predicted octanol–water partition coefficient (Wildman–Crippen LogP) is 6.77. The molecule has 3 aromatic carbocycles. The van der Waals surface area contributed by atoms with Gasteiger partial charge in [0.15, 0.2) is 5.11 Å². The van der Waals surface area contributed by atoms with Crippen molar-refractivity contribution in [2.75, 3.05) is 4.90 Å². The van der Waals surface area contributed by atoms with Gasteiger partial charge in [-0.2, -0.15) is 0 Å². The Labute approximate surface area is 210 Å². The number of hydrogen-bond acceptors (Lipinski definition) is 2. The molecule has 0 bridgehead atoms. The molecule has 2 atom stereocenters. The van der Waals surface area contributed by atoms with Crippen LogP contribution in [-0.4, -0.2) is 14.7 Å². The molecule has 0 amide bonds. The smallest absolute Gasteiger partial charge is 0.174 e. The van der Waals surface area contributed by atoms with E-state index in [4.69, 9.17) is 17.2 Å². The molecule has 1 fully saturated rings.